The Balaban J connectivity index is 2.48. The second-order valence-electron chi connectivity index (χ2n) is 10.8. The molecule has 206 valence electrons. The molecule has 0 aliphatic rings. The van der Waals surface area contributed by atoms with Crippen LogP contribution in [0.4, 0.5) is 0 Å². The molecule has 2 rings (SSSR count). The van der Waals surface area contributed by atoms with E-state index in [1.165, 1.54) is 13.2 Å². The van der Waals surface area contributed by atoms with Crippen molar-refractivity contribution in [3.63, 3.8) is 0 Å². The average molecular weight is 527 g/mol. The molecule has 0 atom stereocenters. The second kappa shape index (κ2) is 12.6. The predicted octanol–water partition coefficient (Wildman–Crippen LogP) is 6.06. The van der Waals surface area contributed by atoms with Gasteiger partial charge in [0.05, 0.1) is 23.5 Å². The van der Waals surface area contributed by atoms with Crippen LogP contribution >= 0.6 is 0 Å². The maximum atomic E-state index is 12.8. The lowest BCUT2D eigenvalue weighted by atomic mass is 9.97. The Morgan fingerprint density at radius 2 is 1.21 bits per heavy atom. The summed E-state index contributed by atoms with van der Waals surface area (Å²) >= 11 is 0. The highest BCUT2D eigenvalue weighted by Gasteiger charge is 2.26. The largest absolute Gasteiger partial charge is 0.496 e. The van der Waals surface area contributed by atoms with Crippen LogP contribution in [0, 0.1) is 24.7 Å². The van der Waals surface area contributed by atoms with Crippen molar-refractivity contribution in [3.05, 3.63) is 58.7 Å². The van der Waals surface area contributed by atoms with E-state index in [0.29, 0.717) is 39.5 Å². The summed E-state index contributed by atoms with van der Waals surface area (Å²) in [5.74, 6) is 0.0145. The van der Waals surface area contributed by atoms with E-state index < -0.39 is 22.8 Å². The average Bonchev–Trinajstić information content (AvgIpc) is 2.85. The molecule has 0 aliphatic heterocycles. The van der Waals surface area contributed by atoms with E-state index in [0.717, 1.165) is 0 Å². The highest BCUT2D eigenvalue weighted by Crippen LogP contribution is 2.44. The molecule has 0 N–H and O–H groups in total. The maximum Gasteiger partial charge on any atom is 0.314 e. The van der Waals surface area contributed by atoms with Crippen LogP contribution in [0.2, 0.25) is 0 Å². The molecule has 0 spiro atoms. The van der Waals surface area contributed by atoms with Crippen molar-refractivity contribution in [2.24, 2.45) is 10.8 Å². The van der Waals surface area contributed by atoms with Crippen molar-refractivity contribution in [3.8, 4) is 17.2 Å². The fraction of sp³-hybridized carbons (Fsp3) is 0.433. The van der Waals surface area contributed by atoms with Gasteiger partial charge in [0.25, 0.3) is 0 Å². The van der Waals surface area contributed by atoms with Gasteiger partial charge in [0.2, 0.25) is 13.6 Å². The van der Waals surface area contributed by atoms with Crippen molar-refractivity contribution in [1.82, 2.24) is 0 Å². The van der Waals surface area contributed by atoms with Crippen LogP contribution < -0.4 is 14.2 Å². The first-order chi connectivity index (χ1) is 17.7. The van der Waals surface area contributed by atoms with Crippen LogP contribution in [-0.2, 0) is 19.1 Å². The SMILES string of the molecule is COc1c(C)c(OCOC(=O)C(C)(C)C)c(C)c(OCOC(=O)C(C)(C)C)c1C=CC(=O)c1ccccc1. The van der Waals surface area contributed by atoms with E-state index in [1.54, 1.807) is 85.7 Å². The van der Waals surface area contributed by atoms with Crippen LogP contribution in [0.1, 0.15) is 68.6 Å². The predicted molar refractivity (Wildman–Crippen MR) is 144 cm³/mol. The minimum atomic E-state index is -0.709. The van der Waals surface area contributed by atoms with Gasteiger partial charge in [-0.05, 0) is 67.5 Å². The second-order valence-corrected chi connectivity index (χ2v) is 10.8. The number of carbonyl (C=O) groups is 3. The number of benzene rings is 2. The molecule has 0 amide bonds. The van der Waals surface area contributed by atoms with Gasteiger partial charge in [-0.2, -0.15) is 0 Å². The Hall–Kier alpha value is -3.81. The lowest BCUT2D eigenvalue weighted by Gasteiger charge is -2.23. The molecule has 8 heteroatoms. The molecular weight excluding hydrogens is 488 g/mol. The highest BCUT2D eigenvalue weighted by molar-refractivity contribution is 6.07. The monoisotopic (exact) mass is 526 g/mol. The van der Waals surface area contributed by atoms with Gasteiger partial charge in [-0.1, -0.05) is 30.3 Å². The Morgan fingerprint density at radius 3 is 1.68 bits per heavy atom. The first kappa shape index (κ1) is 30.4. The van der Waals surface area contributed by atoms with Gasteiger partial charge < -0.3 is 23.7 Å². The van der Waals surface area contributed by atoms with Gasteiger partial charge >= 0.3 is 11.9 Å². The lowest BCUT2D eigenvalue weighted by Crippen LogP contribution is -2.25. The molecule has 0 heterocycles. The number of methoxy groups -OCH3 is 1. The summed E-state index contributed by atoms with van der Waals surface area (Å²) in [5.41, 5.74) is 0.766. The molecule has 0 saturated carbocycles. The smallest absolute Gasteiger partial charge is 0.314 e. The number of allylic oxidation sites excluding steroid dienone is 1. The standard InChI is InChI=1S/C30H38O8/c1-19-24(35-17-37-27(32)29(3,4)5)20(2)26(36-18-38-28(33)30(6,7)8)22(25(19)34-9)15-16-23(31)21-13-11-10-12-14-21/h10-16H,17-18H2,1-9H3. The quantitative estimate of drug-likeness (QED) is 0.160. The Morgan fingerprint density at radius 1 is 0.737 bits per heavy atom. The maximum absolute atomic E-state index is 12.8. The van der Waals surface area contributed by atoms with E-state index in [4.69, 9.17) is 23.7 Å². The lowest BCUT2D eigenvalue weighted by molar-refractivity contribution is -0.160. The molecule has 0 radical (unpaired) electrons. The van der Waals surface area contributed by atoms with E-state index in [-0.39, 0.29) is 19.4 Å². The number of ether oxygens (including phenoxy) is 5. The summed E-state index contributed by atoms with van der Waals surface area (Å²) in [6, 6.07) is 8.84. The van der Waals surface area contributed by atoms with Gasteiger partial charge in [0, 0.05) is 16.7 Å². The highest BCUT2D eigenvalue weighted by atomic mass is 16.7. The van der Waals surface area contributed by atoms with E-state index in [2.05, 4.69) is 0 Å². The molecule has 0 saturated heterocycles. The Bertz CT molecular complexity index is 1180. The Labute approximate surface area is 224 Å². The molecule has 38 heavy (non-hydrogen) atoms. The van der Waals surface area contributed by atoms with E-state index in [1.807, 2.05) is 6.07 Å². The number of hydrogen-bond donors (Lipinski definition) is 0. The zero-order chi connectivity index (χ0) is 28.7. The first-order valence-electron chi connectivity index (χ1n) is 12.3. The molecule has 0 fully saturated rings. The van der Waals surface area contributed by atoms with Crippen LogP contribution in [-0.4, -0.2) is 38.4 Å². The third kappa shape index (κ3) is 7.84. The van der Waals surface area contributed by atoms with Crippen LogP contribution in [0.5, 0.6) is 17.2 Å². The molecular formula is C30H38O8. The topological polar surface area (TPSA) is 97.4 Å². The summed E-state index contributed by atoms with van der Waals surface area (Å²) in [6.07, 6.45) is 3.02. The zero-order valence-corrected chi connectivity index (χ0v) is 23.7. The van der Waals surface area contributed by atoms with E-state index >= 15 is 0 Å². The molecule has 0 aromatic heterocycles. The minimum absolute atomic E-state index is 0.206. The molecule has 0 bridgehead atoms. The fourth-order valence-electron chi connectivity index (χ4n) is 3.39. The zero-order valence-electron chi connectivity index (χ0n) is 23.7. The summed E-state index contributed by atoms with van der Waals surface area (Å²) in [5, 5.41) is 0. The number of esters is 2. The van der Waals surface area contributed by atoms with Crippen molar-refractivity contribution in [2.75, 3.05) is 20.7 Å². The molecule has 0 unspecified atom stereocenters. The molecule has 8 nitrogen and oxygen atoms in total. The molecule has 2 aromatic rings. The Kier molecular flexibility index (Phi) is 10.1. The third-order valence-electron chi connectivity index (χ3n) is 5.53. The first-order valence-corrected chi connectivity index (χ1v) is 12.3. The van der Waals surface area contributed by atoms with E-state index in [9.17, 15) is 14.4 Å². The van der Waals surface area contributed by atoms with Gasteiger partial charge in [0.15, 0.2) is 5.78 Å². The number of rotatable bonds is 10. The summed E-state index contributed by atoms with van der Waals surface area (Å²) < 4.78 is 28.0. The van der Waals surface area contributed by atoms with Gasteiger partial charge in [-0.3, -0.25) is 14.4 Å². The summed E-state index contributed by atoms with van der Waals surface area (Å²) in [6.45, 7) is 13.3. The summed E-state index contributed by atoms with van der Waals surface area (Å²) in [4.78, 5) is 37.2. The molecule has 0 aliphatic carbocycles. The van der Waals surface area contributed by atoms with Crippen molar-refractivity contribution < 1.29 is 38.1 Å². The summed E-state index contributed by atoms with van der Waals surface area (Å²) in [7, 11) is 1.49. The number of ketones is 1. The van der Waals surface area contributed by atoms with Gasteiger partial charge in [0.1, 0.15) is 17.2 Å². The van der Waals surface area contributed by atoms with Crippen molar-refractivity contribution >= 4 is 23.8 Å². The van der Waals surface area contributed by atoms with Crippen molar-refractivity contribution in [1.29, 1.82) is 0 Å². The number of carbonyl (C=O) groups excluding carboxylic acids is 3. The number of hydrogen-bond acceptors (Lipinski definition) is 8. The normalized spacial score (nSPS) is 11.7. The third-order valence-corrected chi connectivity index (χ3v) is 5.53. The van der Waals surface area contributed by atoms with Crippen LogP contribution in [0.15, 0.2) is 36.4 Å². The minimum Gasteiger partial charge on any atom is -0.496 e. The molecule has 2 aromatic carbocycles. The van der Waals surface area contributed by atoms with Gasteiger partial charge in [-0.25, -0.2) is 0 Å². The fourth-order valence-corrected chi connectivity index (χ4v) is 3.39. The van der Waals surface area contributed by atoms with Crippen molar-refractivity contribution in [2.45, 2.75) is 55.4 Å². The van der Waals surface area contributed by atoms with Crippen LogP contribution in [0.25, 0.3) is 6.08 Å². The van der Waals surface area contributed by atoms with Gasteiger partial charge in [-0.15, -0.1) is 0 Å². The van der Waals surface area contributed by atoms with Crippen LogP contribution in [0.3, 0.4) is 0 Å².